The predicted octanol–water partition coefficient (Wildman–Crippen LogP) is 5.30. The molecular formula is C26H28Cl2F3N3O5S. The average Bonchev–Trinajstić information content (AvgIpc) is 3.42. The summed E-state index contributed by atoms with van der Waals surface area (Å²) < 4.78 is 49.0. The summed E-state index contributed by atoms with van der Waals surface area (Å²) in [5.74, 6) is -0.0535. The molecule has 0 radical (unpaired) electrons. The number of ether oxygens (including phenoxy) is 2. The summed E-state index contributed by atoms with van der Waals surface area (Å²) in [6.45, 7) is 1.50. The first kappa shape index (κ1) is 31.9. The Morgan fingerprint density at radius 2 is 1.73 bits per heavy atom. The van der Waals surface area contributed by atoms with Crippen LogP contribution in [0.3, 0.4) is 0 Å². The highest BCUT2D eigenvalue weighted by Crippen LogP contribution is 2.34. The van der Waals surface area contributed by atoms with E-state index in [9.17, 15) is 28.2 Å². The number of methoxy groups -OCH3 is 1. The van der Waals surface area contributed by atoms with Gasteiger partial charge in [-0.2, -0.15) is 13.2 Å². The van der Waals surface area contributed by atoms with Gasteiger partial charge in [-0.25, -0.2) is 9.78 Å². The van der Waals surface area contributed by atoms with Crippen molar-refractivity contribution in [1.29, 1.82) is 0 Å². The molecule has 8 nitrogen and oxygen atoms in total. The lowest BCUT2D eigenvalue weighted by Crippen LogP contribution is -2.40. The Kier molecular flexibility index (Phi) is 11.0. The molecule has 1 heterocycles. The predicted molar refractivity (Wildman–Crippen MR) is 147 cm³/mol. The van der Waals surface area contributed by atoms with Crippen molar-refractivity contribution in [3.05, 3.63) is 73.7 Å². The van der Waals surface area contributed by atoms with Crippen molar-refractivity contribution < 1.29 is 37.7 Å². The van der Waals surface area contributed by atoms with Gasteiger partial charge in [0.15, 0.2) is 11.6 Å². The van der Waals surface area contributed by atoms with Crippen LogP contribution in [0.1, 0.15) is 41.0 Å². The van der Waals surface area contributed by atoms with Crippen LogP contribution >= 0.6 is 34.5 Å². The van der Waals surface area contributed by atoms with E-state index in [2.05, 4.69) is 9.72 Å². The Balaban J connectivity index is 1.78. The lowest BCUT2D eigenvalue weighted by atomic mass is 10.0. The molecule has 40 heavy (non-hydrogen) atoms. The van der Waals surface area contributed by atoms with Crippen LogP contribution in [0.2, 0.25) is 10.0 Å². The molecule has 218 valence electrons. The summed E-state index contributed by atoms with van der Waals surface area (Å²) in [6, 6.07) is 9.63. The lowest BCUT2D eigenvalue weighted by Gasteiger charge is -2.32. The van der Waals surface area contributed by atoms with Crippen LogP contribution < -0.4 is 10.5 Å². The van der Waals surface area contributed by atoms with Gasteiger partial charge in [-0.3, -0.25) is 4.90 Å². The van der Waals surface area contributed by atoms with E-state index in [1.54, 1.807) is 29.2 Å². The third-order valence-corrected chi connectivity index (χ3v) is 7.60. The summed E-state index contributed by atoms with van der Waals surface area (Å²) in [4.78, 5) is 16.6. The third-order valence-electron chi connectivity index (χ3n) is 6.07. The van der Waals surface area contributed by atoms with Gasteiger partial charge in [-0.05, 0) is 48.7 Å². The first-order chi connectivity index (χ1) is 18.8. The maximum atomic E-state index is 13.0. The van der Waals surface area contributed by atoms with Crippen LogP contribution in [0.5, 0.6) is 5.75 Å². The van der Waals surface area contributed by atoms with E-state index in [-0.39, 0.29) is 47.2 Å². The molecule has 1 aromatic heterocycles. The molecule has 3 aromatic rings. The summed E-state index contributed by atoms with van der Waals surface area (Å²) in [6.07, 6.45) is -6.63. The van der Waals surface area contributed by atoms with E-state index in [1.807, 2.05) is 6.92 Å². The molecule has 0 saturated carbocycles. The molecule has 14 heteroatoms. The van der Waals surface area contributed by atoms with Gasteiger partial charge in [0.1, 0.15) is 11.9 Å². The highest BCUT2D eigenvalue weighted by Gasteiger charge is 2.35. The monoisotopic (exact) mass is 621 g/mol. The Labute approximate surface area is 243 Å². The second-order valence-electron chi connectivity index (χ2n) is 9.02. The van der Waals surface area contributed by atoms with Crippen molar-refractivity contribution >= 4 is 46.2 Å². The Morgan fingerprint density at radius 3 is 2.27 bits per heavy atom. The fourth-order valence-electron chi connectivity index (χ4n) is 3.84. The lowest BCUT2D eigenvalue weighted by molar-refractivity contribution is -0.143. The average molecular weight is 622 g/mol. The molecular weight excluding hydrogens is 594 g/mol. The minimum Gasteiger partial charge on any atom is -0.482 e. The van der Waals surface area contributed by atoms with Gasteiger partial charge in [0, 0.05) is 24.5 Å². The van der Waals surface area contributed by atoms with Gasteiger partial charge in [-0.15, -0.1) is 11.3 Å². The molecule has 0 saturated heterocycles. The molecule has 0 aliphatic rings. The van der Waals surface area contributed by atoms with E-state index < -0.39 is 29.4 Å². The smallest absolute Gasteiger partial charge is 0.443 e. The fourth-order valence-corrected chi connectivity index (χ4v) is 5.07. The number of rotatable bonds is 12. The zero-order valence-electron chi connectivity index (χ0n) is 21.5. The topological polar surface area (TPSA) is 118 Å². The van der Waals surface area contributed by atoms with Crippen molar-refractivity contribution in [2.75, 3.05) is 32.5 Å². The van der Waals surface area contributed by atoms with Gasteiger partial charge in [0.2, 0.25) is 0 Å². The van der Waals surface area contributed by atoms with Gasteiger partial charge in [0.25, 0.3) is 0 Å². The SMILES string of the molecule is COC(=O)COc1ccc(CC(C)N(CC(O)c2cc(Cl)c(N)c(Cl)c2)CC(O)c2csc(C(F)(F)F)n2)cc1. The number of halogens is 5. The molecule has 0 spiro atoms. The van der Waals surface area contributed by atoms with E-state index in [0.29, 0.717) is 29.1 Å². The molecule has 0 aliphatic carbocycles. The summed E-state index contributed by atoms with van der Waals surface area (Å²) in [5.41, 5.74) is 7.11. The Bertz CT molecular complexity index is 1270. The summed E-state index contributed by atoms with van der Waals surface area (Å²) >= 11 is 12.7. The van der Waals surface area contributed by atoms with Crippen LogP contribution in [0, 0.1) is 0 Å². The maximum Gasteiger partial charge on any atom is 0.443 e. The highest BCUT2D eigenvalue weighted by atomic mass is 35.5. The number of nitrogens with two attached hydrogens (primary N) is 1. The first-order valence-corrected chi connectivity index (χ1v) is 13.6. The van der Waals surface area contributed by atoms with Crippen molar-refractivity contribution in [1.82, 2.24) is 9.88 Å². The number of esters is 1. The fraction of sp³-hybridized carbons (Fsp3) is 0.385. The van der Waals surface area contributed by atoms with E-state index >= 15 is 0 Å². The standard InChI is InChI=1S/C26H28Cl2F3N3O5S/c1-14(7-15-3-5-17(6-4-15)39-12-23(37)38-2)34(10-21(35)16-8-18(27)24(32)19(28)9-16)11-22(36)20-13-40-25(33-20)26(29,30)31/h3-6,8-9,13-14,21-22,35-36H,7,10-12,32H2,1-2H3. The normalized spacial score (nSPS) is 14.2. The number of carbonyl (C=O) groups is 1. The number of hydrogen-bond donors (Lipinski definition) is 3. The van der Waals surface area contributed by atoms with E-state index in [1.165, 1.54) is 24.6 Å². The Hall–Kier alpha value is -2.61. The second kappa shape index (κ2) is 13.8. The molecule has 3 atom stereocenters. The number of hydrogen-bond acceptors (Lipinski definition) is 9. The molecule has 0 fully saturated rings. The number of thiazole rings is 1. The number of aliphatic hydroxyl groups excluding tert-OH is 2. The van der Waals surface area contributed by atoms with Gasteiger partial charge < -0.3 is 25.4 Å². The number of nitrogen functional groups attached to an aromatic ring is 1. The summed E-state index contributed by atoms with van der Waals surface area (Å²) in [5, 5.41) is 22.2. The third kappa shape index (κ3) is 8.69. The zero-order valence-corrected chi connectivity index (χ0v) is 23.8. The van der Waals surface area contributed by atoms with Crippen LogP contribution in [0.25, 0.3) is 0 Å². The minimum absolute atomic E-state index is 0.00854. The molecule has 0 aliphatic heterocycles. The van der Waals surface area contributed by atoms with Crippen LogP contribution in [-0.4, -0.2) is 58.9 Å². The number of carbonyl (C=O) groups excluding carboxylic acids is 1. The van der Waals surface area contributed by atoms with Crippen LogP contribution in [-0.2, 0) is 22.1 Å². The van der Waals surface area contributed by atoms with Crippen LogP contribution in [0.15, 0.2) is 41.8 Å². The van der Waals surface area contributed by atoms with Crippen molar-refractivity contribution in [3.63, 3.8) is 0 Å². The highest BCUT2D eigenvalue weighted by molar-refractivity contribution is 7.09. The number of benzene rings is 2. The number of aliphatic hydroxyl groups is 2. The molecule has 0 amide bonds. The quantitative estimate of drug-likeness (QED) is 0.184. The number of nitrogens with zero attached hydrogens (tertiary/aromatic N) is 2. The van der Waals surface area contributed by atoms with Crippen molar-refractivity contribution in [2.24, 2.45) is 0 Å². The Morgan fingerprint density at radius 1 is 1.12 bits per heavy atom. The molecule has 2 aromatic carbocycles. The molecule has 4 N–H and O–H groups in total. The summed E-state index contributed by atoms with van der Waals surface area (Å²) in [7, 11) is 1.26. The van der Waals surface area contributed by atoms with Gasteiger partial charge in [-0.1, -0.05) is 35.3 Å². The maximum absolute atomic E-state index is 13.0. The second-order valence-corrected chi connectivity index (χ2v) is 10.7. The van der Waals surface area contributed by atoms with Crippen LogP contribution in [0.4, 0.5) is 18.9 Å². The zero-order chi connectivity index (χ0) is 29.6. The van der Waals surface area contributed by atoms with Gasteiger partial charge in [0.05, 0.1) is 34.6 Å². The van der Waals surface area contributed by atoms with E-state index in [4.69, 9.17) is 33.7 Å². The van der Waals surface area contributed by atoms with Crippen molar-refractivity contribution in [3.8, 4) is 5.75 Å². The van der Waals surface area contributed by atoms with E-state index in [0.717, 1.165) is 5.56 Å². The number of anilines is 1. The molecule has 3 unspecified atom stereocenters. The first-order valence-electron chi connectivity index (χ1n) is 11.9. The minimum atomic E-state index is -4.62. The number of alkyl halides is 3. The van der Waals surface area contributed by atoms with Crippen molar-refractivity contribution in [2.45, 2.75) is 37.8 Å². The molecule has 0 bridgehead atoms. The number of aromatic nitrogens is 1. The largest absolute Gasteiger partial charge is 0.482 e. The molecule has 3 rings (SSSR count). The van der Waals surface area contributed by atoms with Gasteiger partial charge >= 0.3 is 12.1 Å².